The Morgan fingerprint density at radius 2 is 1.13 bits per heavy atom. The van der Waals surface area contributed by atoms with Crippen molar-refractivity contribution in [2.45, 2.75) is 0 Å². The van der Waals surface area contributed by atoms with Crippen LogP contribution in [0.25, 0.3) is 0 Å². The highest BCUT2D eigenvalue weighted by atomic mass is 35.8. The fraction of sp³-hybridized carbons (Fsp3) is 0.429. The summed E-state index contributed by atoms with van der Waals surface area (Å²) in [6.07, 6.45) is 0. The zero-order chi connectivity index (χ0) is 12.5. The van der Waals surface area contributed by atoms with Crippen LogP contribution >= 0.6 is 33.2 Å². The molecule has 0 radical (unpaired) electrons. The molecule has 0 aromatic rings. The molecule has 0 rings (SSSR count). The predicted molar refractivity (Wildman–Crippen MR) is 70.5 cm³/mol. The minimum Gasteiger partial charge on any atom is -0.374 e. The lowest BCUT2D eigenvalue weighted by Crippen LogP contribution is -2.40. The third kappa shape index (κ3) is 9.58. The number of hydrogen-bond acceptors (Lipinski definition) is 3. The first kappa shape index (κ1) is 18.0. The van der Waals surface area contributed by atoms with Crippen LogP contribution in [0, 0.1) is 0 Å². The average molecular weight is 310 g/mol. The molecule has 15 heavy (non-hydrogen) atoms. The summed E-state index contributed by atoms with van der Waals surface area (Å²) < 4.78 is 14.9. The maximum Gasteiger partial charge on any atom is 0.528 e. The Kier molecular flexibility index (Phi) is 10.6. The third-order valence-electron chi connectivity index (χ3n) is 1.34. The van der Waals surface area contributed by atoms with E-state index in [0.29, 0.717) is 0 Å². The summed E-state index contributed by atoms with van der Waals surface area (Å²) in [4.78, 5) is 0. The van der Waals surface area contributed by atoms with Crippen molar-refractivity contribution < 1.29 is 13.3 Å². The molecule has 0 fully saturated rings. The summed E-state index contributed by atoms with van der Waals surface area (Å²) in [5, 5.41) is 0. The van der Waals surface area contributed by atoms with Gasteiger partial charge in [-0.15, -0.1) is 39.8 Å². The second kappa shape index (κ2) is 8.77. The van der Waals surface area contributed by atoms with Crippen LogP contribution in [0.5, 0.6) is 0 Å². The van der Waals surface area contributed by atoms with E-state index in [0.717, 1.165) is 0 Å². The van der Waals surface area contributed by atoms with Gasteiger partial charge in [0, 0.05) is 21.3 Å². The Morgan fingerprint density at radius 1 is 0.867 bits per heavy atom. The Hall–Kier alpha value is 0.664. The molecule has 3 nitrogen and oxygen atoms in total. The van der Waals surface area contributed by atoms with Crippen molar-refractivity contribution >= 4 is 48.0 Å². The molecule has 0 aliphatic heterocycles. The van der Waals surface area contributed by atoms with E-state index in [2.05, 4.69) is 13.2 Å². The fourth-order valence-electron chi connectivity index (χ4n) is 0.500. The first-order valence-electron chi connectivity index (χ1n) is 3.80. The van der Waals surface area contributed by atoms with Crippen molar-refractivity contribution in [2.75, 3.05) is 21.3 Å². The summed E-state index contributed by atoms with van der Waals surface area (Å²) in [6.45, 7) is 6.83. The van der Waals surface area contributed by atoms with E-state index in [1.807, 2.05) is 0 Å². The molecule has 0 saturated carbocycles. The van der Waals surface area contributed by atoms with Crippen LogP contribution in [0.4, 0.5) is 0 Å². The van der Waals surface area contributed by atoms with Crippen LogP contribution in [-0.2, 0) is 13.3 Å². The van der Waals surface area contributed by atoms with E-state index in [9.17, 15) is 0 Å². The van der Waals surface area contributed by atoms with Crippen LogP contribution in [0.3, 0.4) is 0 Å². The molecule has 90 valence electrons. The van der Waals surface area contributed by atoms with Crippen molar-refractivity contribution in [1.29, 1.82) is 0 Å². The minimum absolute atomic E-state index is 1.37. The Bertz CT molecular complexity index is 184. The number of halogens is 3. The summed E-state index contributed by atoms with van der Waals surface area (Å²) in [6, 6.07) is -2.45. The highest BCUT2D eigenvalue weighted by Gasteiger charge is 2.33. The quantitative estimate of drug-likeness (QED) is 0.577. The molecule has 0 aliphatic rings. The number of rotatable bonds is 5. The zero-order valence-electron chi connectivity index (χ0n) is 8.93. The molecule has 0 saturated heterocycles. The molecule has 0 unspecified atom stereocenters. The topological polar surface area (TPSA) is 27.7 Å². The Labute approximate surface area is 107 Å². The smallest absolute Gasteiger partial charge is 0.374 e. The number of hydrogen-bond donors (Lipinski definition) is 0. The third-order valence-corrected chi connectivity index (χ3v) is 5.39. The van der Waals surface area contributed by atoms with Gasteiger partial charge in [-0.1, -0.05) is 12.3 Å². The second-order valence-electron chi connectivity index (χ2n) is 2.17. The highest BCUT2D eigenvalue weighted by Crippen LogP contribution is 2.19. The van der Waals surface area contributed by atoms with Crippen LogP contribution in [-0.4, -0.2) is 36.1 Å². The van der Waals surface area contributed by atoms with Crippen molar-refractivity contribution in [3.05, 3.63) is 24.6 Å². The lowest BCUT2D eigenvalue weighted by molar-refractivity contribution is 0.138. The van der Waals surface area contributed by atoms with Crippen molar-refractivity contribution in [2.24, 2.45) is 0 Å². The lowest BCUT2D eigenvalue weighted by Gasteiger charge is -2.19. The van der Waals surface area contributed by atoms with Gasteiger partial charge in [0.2, 0.25) is 0 Å². The fourth-order valence-corrected chi connectivity index (χ4v) is 1.50. The molecule has 8 heteroatoms. The van der Waals surface area contributed by atoms with Gasteiger partial charge in [-0.25, -0.2) is 0 Å². The van der Waals surface area contributed by atoms with Gasteiger partial charge in [-0.3, -0.25) is 0 Å². The lowest BCUT2D eigenvalue weighted by atomic mass is 11.3. The molecule has 0 N–H and O–H groups in total. The van der Waals surface area contributed by atoms with E-state index in [4.69, 9.17) is 46.5 Å². The SMILES string of the molecule is C=C[Si](Cl)(Cl)Cl.C=C[Si](OC)(OC)OC. The largest absolute Gasteiger partial charge is 0.528 e. The van der Waals surface area contributed by atoms with E-state index in [-0.39, 0.29) is 0 Å². The van der Waals surface area contributed by atoms with E-state index >= 15 is 0 Å². The summed E-state index contributed by atoms with van der Waals surface area (Å²) in [5.74, 6) is 0. The Balaban J connectivity index is 0. The van der Waals surface area contributed by atoms with Crippen LogP contribution < -0.4 is 0 Å². The molecule has 0 aromatic carbocycles. The van der Waals surface area contributed by atoms with Gasteiger partial charge in [0.25, 0.3) is 0 Å². The van der Waals surface area contributed by atoms with Gasteiger partial charge in [-0.2, -0.15) is 0 Å². The first-order valence-corrected chi connectivity index (χ1v) is 10.7. The summed E-state index contributed by atoms with van der Waals surface area (Å²) >= 11 is 15.8. The standard InChI is InChI=1S/C5H12O3Si.C2H3Cl3Si/c1-5-9(6-2,7-3)8-4;1-2-6(3,4)5/h5H,1H2,2-4H3;2H,1H2. The zero-order valence-corrected chi connectivity index (χ0v) is 13.2. The molecular weight excluding hydrogens is 295 g/mol. The maximum absolute atomic E-state index is 5.27. The highest BCUT2D eigenvalue weighted by molar-refractivity contribution is 7.66. The molecule has 0 aliphatic carbocycles. The van der Waals surface area contributed by atoms with Gasteiger partial charge in [0.05, 0.1) is 0 Å². The van der Waals surface area contributed by atoms with E-state index in [1.165, 1.54) is 5.70 Å². The molecule has 0 bridgehead atoms. The molecule has 0 atom stereocenters. The normalized spacial score (nSPS) is 11.3. The molecule has 0 heterocycles. The van der Waals surface area contributed by atoms with Crippen molar-refractivity contribution in [1.82, 2.24) is 0 Å². The van der Waals surface area contributed by atoms with Crippen LogP contribution in [0.1, 0.15) is 0 Å². The van der Waals surface area contributed by atoms with Gasteiger partial charge in [-0.05, 0) is 5.70 Å². The van der Waals surface area contributed by atoms with Crippen molar-refractivity contribution in [3.8, 4) is 0 Å². The molecule has 0 spiro atoms. The minimum atomic E-state index is -2.45. The van der Waals surface area contributed by atoms with Gasteiger partial charge < -0.3 is 13.3 Å². The maximum atomic E-state index is 5.27. The van der Waals surface area contributed by atoms with Gasteiger partial charge in [0.15, 0.2) is 0 Å². The average Bonchev–Trinajstić information content (AvgIpc) is 2.22. The van der Waals surface area contributed by atoms with E-state index in [1.54, 1.807) is 27.0 Å². The van der Waals surface area contributed by atoms with Crippen molar-refractivity contribution in [3.63, 3.8) is 0 Å². The van der Waals surface area contributed by atoms with Gasteiger partial charge >= 0.3 is 14.8 Å². The predicted octanol–water partition coefficient (Wildman–Crippen LogP) is 2.96. The van der Waals surface area contributed by atoms with E-state index < -0.39 is 14.8 Å². The summed E-state index contributed by atoms with van der Waals surface area (Å²) in [7, 11) is 2.20. The van der Waals surface area contributed by atoms with Crippen LogP contribution in [0.2, 0.25) is 0 Å². The molecule has 0 amide bonds. The van der Waals surface area contributed by atoms with Crippen LogP contribution in [0.15, 0.2) is 24.6 Å². The summed E-state index contributed by atoms with van der Waals surface area (Å²) in [5.41, 5.74) is 2.95. The molecular formula is C7H15Cl3O3Si2. The second-order valence-corrected chi connectivity index (χ2v) is 13.6. The molecule has 0 aromatic heterocycles. The first-order chi connectivity index (χ1) is 6.80. The monoisotopic (exact) mass is 308 g/mol. The Morgan fingerprint density at radius 3 is 1.13 bits per heavy atom. The van der Waals surface area contributed by atoms with Gasteiger partial charge in [0.1, 0.15) is 0 Å².